The molecule has 0 unspecified atom stereocenters. The number of thiazole rings is 1. The zero-order valence-corrected chi connectivity index (χ0v) is 12.0. The van der Waals surface area contributed by atoms with Crippen molar-refractivity contribution in [3.8, 4) is 0 Å². The number of hydrogen-bond donors (Lipinski definition) is 1. The van der Waals surface area contributed by atoms with Crippen LogP contribution in [0.15, 0.2) is 24.5 Å². The average Bonchev–Trinajstić information content (AvgIpc) is 3.19. The van der Waals surface area contributed by atoms with E-state index in [2.05, 4.69) is 29.4 Å². The Labute approximate surface area is 118 Å². The summed E-state index contributed by atoms with van der Waals surface area (Å²) >= 11 is 1.85. The molecule has 0 spiro atoms. The van der Waals surface area contributed by atoms with Crippen molar-refractivity contribution >= 4 is 11.3 Å². The van der Waals surface area contributed by atoms with Crippen LogP contribution in [0.1, 0.15) is 40.9 Å². The van der Waals surface area contributed by atoms with Gasteiger partial charge in [-0.25, -0.2) is 4.98 Å². The first-order valence-electron chi connectivity index (χ1n) is 6.95. The summed E-state index contributed by atoms with van der Waals surface area (Å²) in [6, 6.07) is 4.89. The molecule has 19 heavy (non-hydrogen) atoms. The van der Waals surface area contributed by atoms with Crippen LogP contribution in [-0.4, -0.2) is 16.0 Å². The van der Waals surface area contributed by atoms with Crippen LogP contribution < -0.4 is 5.32 Å². The standard InChI is InChI=1S/C15H19N3S/c1-2-13-14(10-17-12-3-4-12)19-15(18-13)9-11-5-7-16-8-6-11/h5-8,12,17H,2-4,9-10H2,1H3. The van der Waals surface area contributed by atoms with Crippen LogP contribution in [-0.2, 0) is 19.4 Å². The molecule has 0 atom stereocenters. The second kappa shape index (κ2) is 5.80. The molecule has 2 aromatic heterocycles. The van der Waals surface area contributed by atoms with Gasteiger partial charge < -0.3 is 5.32 Å². The van der Waals surface area contributed by atoms with Crippen LogP contribution in [0.2, 0.25) is 0 Å². The fourth-order valence-corrected chi connectivity index (χ4v) is 3.27. The lowest BCUT2D eigenvalue weighted by Gasteiger charge is -2.00. The first-order valence-corrected chi connectivity index (χ1v) is 7.76. The van der Waals surface area contributed by atoms with Crippen molar-refractivity contribution in [2.45, 2.75) is 45.2 Å². The van der Waals surface area contributed by atoms with Crippen LogP contribution in [0.5, 0.6) is 0 Å². The number of hydrogen-bond acceptors (Lipinski definition) is 4. The van der Waals surface area contributed by atoms with Crippen molar-refractivity contribution in [2.75, 3.05) is 0 Å². The molecule has 2 aromatic rings. The van der Waals surface area contributed by atoms with E-state index in [1.54, 1.807) is 0 Å². The summed E-state index contributed by atoms with van der Waals surface area (Å²) in [5.74, 6) is 0. The van der Waals surface area contributed by atoms with Crippen molar-refractivity contribution < 1.29 is 0 Å². The summed E-state index contributed by atoms with van der Waals surface area (Å²) in [5.41, 5.74) is 2.55. The van der Waals surface area contributed by atoms with E-state index in [9.17, 15) is 0 Å². The van der Waals surface area contributed by atoms with Crippen LogP contribution >= 0.6 is 11.3 Å². The third kappa shape index (κ3) is 3.39. The molecule has 0 aromatic carbocycles. The summed E-state index contributed by atoms with van der Waals surface area (Å²) in [6.45, 7) is 3.17. The Morgan fingerprint density at radius 1 is 1.32 bits per heavy atom. The van der Waals surface area contributed by atoms with Crippen molar-refractivity contribution in [1.82, 2.24) is 15.3 Å². The topological polar surface area (TPSA) is 37.8 Å². The number of pyridine rings is 1. The van der Waals surface area contributed by atoms with Crippen molar-refractivity contribution in [3.63, 3.8) is 0 Å². The highest BCUT2D eigenvalue weighted by atomic mass is 32.1. The molecule has 4 heteroatoms. The maximum atomic E-state index is 4.78. The molecule has 0 bridgehead atoms. The summed E-state index contributed by atoms with van der Waals surface area (Å²) in [5, 5.41) is 4.80. The largest absolute Gasteiger partial charge is 0.309 e. The molecule has 1 fully saturated rings. The SMILES string of the molecule is CCc1nc(Cc2ccncc2)sc1CNC1CC1. The molecule has 3 rings (SSSR count). The molecule has 2 heterocycles. The van der Waals surface area contributed by atoms with Gasteiger partial charge in [0.05, 0.1) is 10.7 Å². The summed E-state index contributed by atoms with van der Waals surface area (Å²) in [6.07, 6.45) is 8.31. The van der Waals surface area contributed by atoms with Crippen molar-refractivity contribution in [2.24, 2.45) is 0 Å². The van der Waals surface area contributed by atoms with Crippen molar-refractivity contribution in [1.29, 1.82) is 0 Å². The zero-order chi connectivity index (χ0) is 13.1. The minimum Gasteiger partial charge on any atom is -0.309 e. The monoisotopic (exact) mass is 273 g/mol. The normalized spacial score (nSPS) is 14.8. The average molecular weight is 273 g/mol. The van der Waals surface area contributed by atoms with Crippen LogP contribution in [0.3, 0.4) is 0 Å². The fourth-order valence-electron chi connectivity index (χ4n) is 2.13. The minimum absolute atomic E-state index is 0.760. The molecule has 1 aliphatic carbocycles. The van der Waals surface area contributed by atoms with Gasteiger partial charge in [0.2, 0.25) is 0 Å². The third-order valence-electron chi connectivity index (χ3n) is 3.39. The van der Waals surface area contributed by atoms with E-state index in [0.29, 0.717) is 0 Å². The van der Waals surface area contributed by atoms with Crippen LogP contribution in [0.25, 0.3) is 0 Å². The van der Waals surface area contributed by atoms with E-state index in [1.807, 2.05) is 23.7 Å². The number of rotatable bonds is 6. The molecule has 100 valence electrons. The fraction of sp³-hybridized carbons (Fsp3) is 0.467. The van der Waals surface area contributed by atoms with E-state index < -0.39 is 0 Å². The molecule has 1 aliphatic rings. The van der Waals surface area contributed by atoms with E-state index >= 15 is 0 Å². The zero-order valence-electron chi connectivity index (χ0n) is 11.2. The molecular weight excluding hydrogens is 254 g/mol. The maximum Gasteiger partial charge on any atom is 0.0975 e. The van der Waals surface area contributed by atoms with Gasteiger partial charge in [0.25, 0.3) is 0 Å². The lowest BCUT2D eigenvalue weighted by molar-refractivity contribution is 0.689. The first-order chi connectivity index (χ1) is 9.35. The van der Waals surface area contributed by atoms with Gasteiger partial charge >= 0.3 is 0 Å². The predicted molar refractivity (Wildman–Crippen MR) is 78.4 cm³/mol. The number of aryl methyl sites for hydroxylation is 1. The smallest absolute Gasteiger partial charge is 0.0975 e. The van der Waals surface area contributed by atoms with Crippen molar-refractivity contribution in [3.05, 3.63) is 45.7 Å². The van der Waals surface area contributed by atoms with Crippen LogP contribution in [0, 0.1) is 0 Å². The van der Waals surface area contributed by atoms with Gasteiger partial charge in [0.1, 0.15) is 0 Å². The Kier molecular flexibility index (Phi) is 3.89. The third-order valence-corrected chi connectivity index (χ3v) is 4.49. The second-order valence-electron chi connectivity index (χ2n) is 5.02. The highest BCUT2D eigenvalue weighted by Crippen LogP contribution is 2.24. The predicted octanol–water partition coefficient (Wildman–Crippen LogP) is 2.94. The van der Waals surface area contributed by atoms with E-state index in [1.165, 1.54) is 34.0 Å². The summed E-state index contributed by atoms with van der Waals surface area (Å²) < 4.78 is 0. The Balaban J connectivity index is 1.70. The quantitative estimate of drug-likeness (QED) is 0.879. The Morgan fingerprint density at radius 3 is 2.79 bits per heavy atom. The van der Waals surface area contributed by atoms with Crippen LogP contribution in [0.4, 0.5) is 0 Å². The van der Waals surface area contributed by atoms with E-state index in [0.717, 1.165) is 25.4 Å². The number of aromatic nitrogens is 2. The molecule has 1 saturated carbocycles. The second-order valence-corrected chi connectivity index (χ2v) is 6.19. The molecule has 3 nitrogen and oxygen atoms in total. The molecule has 0 saturated heterocycles. The molecule has 0 amide bonds. The van der Waals surface area contributed by atoms with Gasteiger partial charge in [-0.05, 0) is 37.0 Å². The number of nitrogens with zero attached hydrogens (tertiary/aromatic N) is 2. The Bertz CT molecular complexity index is 532. The number of nitrogens with one attached hydrogen (secondary N) is 1. The van der Waals surface area contributed by atoms with Gasteiger partial charge in [0.15, 0.2) is 0 Å². The summed E-state index contributed by atoms with van der Waals surface area (Å²) in [4.78, 5) is 10.3. The van der Waals surface area contributed by atoms with Gasteiger partial charge in [-0.15, -0.1) is 11.3 Å². The van der Waals surface area contributed by atoms with E-state index in [-0.39, 0.29) is 0 Å². The first kappa shape index (κ1) is 12.8. The lowest BCUT2D eigenvalue weighted by atomic mass is 10.2. The summed E-state index contributed by atoms with van der Waals surface area (Å²) in [7, 11) is 0. The maximum absolute atomic E-state index is 4.78. The Hall–Kier alpha value is -1.26. The highest BCUT2D eigenvalue weighted by molar-refractivity contribution is 7.11. The highest BCUT2D eigenvalue weighted by Gasteiger charge is 2.21. The lowest BCUT2D eigenvalue weighted by Crippen LogP contribution is -2.15. The minimum atomic E-state index is 0.760. The van der Waals surface area contributed by atoms with Gasteiger partial charge in [-0.1, -0.05) is 6.92 Å². The Morgan fingerprint density at radius 2 is 2.11 bits per heavy atom. The molecule has 0 radical (unpaired) electrons. The molecular formula is C15H19N3S. The van der Waals surface area contributed by atoms with Gasteiger partial charge in [-0.2, -0.15) is 0 Å². The van der Waals surface area contributed by atoms with Gasteiger partial charge in [0, 0.05) is 36.3 Å². The van der Waals surface area contributed by atoms with E-state index in [4.69, 9.17) is 4.98 Å². The molecule has 0 aliphatic heterocycles. The molecule has 1 N–H and O–H groups in total. The van der Waals surface area contributed by atoms with Gasteiger partial charge in [-0.3, -0.25) is 4.98 Å².